The molecular weight excluding hydrogens is 282 g/mol. The molecule has 0 saturated carbocycles. The van der Waals surface area contributed by atoms with Crippen molar-refractivity contribution in [1.82, 2.24) is 15.1 Å². The average Bonchev–Trinajstić information content (AvgIpc) is 2.93. The quantitative estimate of drug-likeness (QED) is 0.822. The lowest BCUT2D eigenvalue weighted by Gasteiger charge is -2.34. The minimum Gasteiger partial charge on any atom is -0.508 e. The fourth-order valence-corrected chi connectivity index (χ4v) is 3.22. The summed E-state index contributed by atoms with van der Waals surface area (Å²) in [4.78, 5) is 28.7. The Morgan fingerprint density at radius 3 is 2.59 bits per heavy atom. The van der Waals surface area contributed by atoms with E-state index in [-0.39, 0.29) is 29.6 Å². The first-order valence-electron chi connectivity index (χ1n) is 7.51. The maximum atomic E-state index is 12.6. The Hall–Kier alpha value is -2.08. The number of phenolic OH excluding ortho intramolecular Hbond substituents is 1. The summed E-state index contributed by atoms with van der Waals surface area (Å²) in [6.45, 7) is 0.607. The highest BCUT2D eigenvalue weighted by atomic mass is 16.3. The molecule has 0 bridgehead atoms. The second-order valence-electron chi connectivity index (χ2n) is 6.29. The Morgan fingerprint density at radius 1 is 1.27 bits per heavy atom. The van der Waals surface area contributed by atoms with E-state index < -0.39 is 6.04 Å². The van der Waals surface area contributed by atoms with Crippen molar-refractivity contribution in [2.75, 3.05) is 20.6 Å². The van der Waals surface area contributed by atoms with Crippen LogP contribution in [0.15, 0.2) is 24.3 Å². The van der Waals surface area contributed by atoms with Gasteiger partial charge >= 0.3 is 0 Å². The summed E-state index contributed by atoms with van der Waals surface area (Å²) in [5.41, 5.74) is 0.915. The van der Waals surface area contributed by atoms with Crippen LogP contribution >= 0.6 is 0 Å². The molecule has 3 atom stereocenters. The number of carbonyl (C=O) groups excluding carboxylic acids is 2. The molecule has 6 nitrogen and oxygen atoms in total. The van der Waals surface area contributed by atoms with Crippen molar-refractivity contribution in [3.8, 4) is 5.75 Å². The zero-order valence-electron chi connectivity index (χ0n) is 12.8. The van der Waals surface area contributed by atoms with E-state index in [2.05, 4.69) is 10.2 Å². The number of hydrogen-bond acceptors (Lipinski definition) is 4. The lowest BCUT2D eigenvalue weighted by molar-refractivity contribution is -0.147. The zero-order valence-corrected chi connectivity index (χ0v) is 12.8. The highest BCUT2D eigenvalue weighted by Gasteiger charge is 2.46. The Bertz CT molecular complexity index is 585. The molecule has 2 fully saturated rings. The van der Waals surface area contributed by atoms with E-state index in [1.54, 1.807) is 29.2 Å². The number of fused-ring (bicyclic) bond motifs is 1. The molecule has 0 radical (unpaired) electrons. The first kappa shape index (κ1) is 14.8. The van der Waals surface area contributed by atoms with Crippen LogP contribution in [0.3, 0.4) is 0 Å². The number of nitrogens with zero attached hydrogens (tertiary/aromatic N) is 2. The number of likely N-dealkylation sites (N-methyl/N-ethyl adjacent to an activating group) is 1. The summed E-state index contributed by atoms with van der Waals surface area (Å²) in [5.74, 6) is 0.117. The van der Waals surface area contributed by atoms with E-state index in [1.807, 2.05) is 14.1 Å². The van der Waals surface area contributed by atoms with E-state index in [0.29, 0.717) is 19.4 Å². The molecule has 0 unspecified atom stereocenters. The molecular formula is C16H21N3O3. The van der Waals surface area contributed by atoms with Crippen LogP contribution in [-0.4, -0.2) is 65.5 Å². The minimum absolute atomic E-state index is 0.0120. The third-order valence-corrected chi connectivity index (χ3v) is 4.59. The van der Waals surface area contributed by atoms with E-state index in [1.165, 1.54) is 0 Å². The van der Waals surface area contributed by atoms with Gasteiger partial charge in [-0.3, -0.25) is 9.59 Å². The number of rotatable bonds is 3. The molecule has 2 aliphatic heterocycles. The van der Waals surface area contributed by atoms with E-state index in [0.717, 1.165) is 5.56 Å². The number of amides is 2. The fraction of sp³-hybridized carbons (Fsp3) is 0.500. The van der Waals surface area contributed by atoms with Crippen LogP contribution in [-0.2, 0) is 16.0 Å². The highest BCUT2D eigenvalue weighted by molar-refractivity contribution is 5.97. The largest absolute Gasteiger partial charge is 0.508 e. The number of piperazine rings is 1. The Labute approximate surface area is 129 Å². The molecule has 2 amide bonds. The summed E-state index contributed by atoms with van der Waals surface area (Å²) < 4.78 is 0. The maximum Gasteiger partial charge on any atom is 0.246 e. The third kappa shape index (κ3) is 2.66. The third-order valence-electron chi connectivity index (χ3n) is 4.59. The molecule has 2 saturated heterocycles. The molecule has 0 aromatic heterocycles. The van der Waals surface area contributed by atoms with Crippen LogP contribution in [0.5, 0.6) is 5.75 Å². The SMILES string of the molecule is CN(C)[C@@H]1C[C@H]2C(=O)N[C@H](Cc3ccc(O)cc3)C(=O)N2C1. The van der Waals surface area contributed by atoms with Gasteiger partial charge in [-0.2, -0.15) is 0 Å². The Balaban J connectivity index is 1.74. The molecule has 118 valence electrons. The molecule has 2 N–H and O–H groups in total. The molecule has 0 aliphatic carbocycles. The smallest absolute Gasteiger partial charge is 0.246 e. The first-order chi connectivity index (χ1) is 10.5. The maximum absolute atomic E-state index is 12.6. The van der Waals surface area contributed by atoms with Crippen LogP contribution in [0.4, 0.5) is 0 Å². The average molecular weight is 303 g/mol. The monoisotopic (exact) mass is 303 g/mol. The van der Waals surface area contributed by atoms with Crippen molar-refractivity contribution in [3.05, 3.63) is 29.8 Å². The Morgan fingerprint density at radius 2 is 1.95 bits per heavy atom. The fourth-order valence-electron chi connectivity index (χ4n) is 3.22. The van der Waals surface area contributed by atoms with Gasteiger partial charge in [0.05, 0.1) is 0 Å². The van der Waals surface area contributed by atoms with Crippen molar-refractivity contribution >= 4 is 11.8 Å². The van der Waals surface area contributed by atoms with Gasteiger partial charge < -0.3 is 20.2 Å². The Kier molecular flexibility index (Phi) is 3.78. The van der Waals surface area contributed by atoms with Gasteiger partial charge in [-0.25, -0.2) is 0 Å². The number of phenols is 1. The first-order valence-corrected chi connectivity index (χ1v) is 7.51. The molecule has 3 rings (SSSR count). The van der Waals surface area contributed by atoms with Crippen molar-refractivity contribution in [1.29, 1.82) is 0 Å². The van der Waals surface area contributed by atoms with Crippen LogP contribution in [0.1, 0.15) is 12.0 Å². The molecule has 1 aromatic rings. The second-order valence-corrected chi connectivity index (χ2v) is 6.29. The number of aromatic hydroxyl groups is 1. The zero-order chi connectivity index (χ0) is 15.9. The summed E-state index contributed by atoms with van der Waals surface area (Å²) >= 11 is 0. The van der Waals surface area contributed by atoms with Gasteiger partial charge in [0.1, 0.15) is 17.8 Å². The lowest BCUT2D eigenvalue weighted by Crippen LogP contribution is -2.61. The molecule has 6 heteroatoms. The topological polar surface area (TPSA) is 72.9 Å². The summed E-state index contributed by atoms with van der Waals surface area (Å²) in [7, 11) is 3.94. The predicted molar refractivity (Wildman–Crippen MR) is 81.3 cm³/mol. The second kappa shape index (κ2) is 5.61. The van der Waals surface area contributed by atoms with Gasteiger partial charge in [-0.1, -0.05) is 12.1 Å². The number of carbonyl (C=O) groups is 2. The summed E-state index contributed by atoms with van der Waals surface area (Å²) in [6.07, 6.45) is 1.14. The highest BCUT2D eigenvalue weighted by Crippen LogP contribution is 2.26. The lowest BCUT2D eigenvalue weighted by atomic mass is 10.0. The van der Waals surface area contributed by atoms with Crippen molar-refractivity contribution in [2.24, 2.45) is 0 Å². The van der Waals surface area contributed by atoms with Crippen LogP contribution in [0.25, 0.3) is 0 Å². The molecule has 22 heavy (non-hydrogen) atoms. The van der Waals surface area contributed by atoms with Gasteiger partial charge in [0, 0.05) is 19.0 Å². The minimum atomic E-state index is -0.519. The van der Waals surface area contributed by atoms with E-state index in [9.17, 15) is 14.7 Å². The normalized spacial score (nSPS) is 28.0. The molecule has 0 spiro atoms. The number of nitrogens with one attached hydrogen (secondary N) is 1. The number of hydrogen-bond donors (Lipinski definition) is 2. The van der Waals surface area contributed by atoms with Gasteiger partial charge in [0.2, 0.25) is 11.8 Å². The van der Waals surface area contributed by atoms with Gasteiger partial charge in [-0.05, 0) is 38.2 Å². The standard InChI is InChI=1S/C16H21N3O3/c1-18(2)11-8-14-15(21)17-13(16(22)19(14)9-11)7-10-3-5-12(20)6-4-10/h3-6,11,13-14,20H,7-9H2,1-2H3,(H,17,21)/t11-,13-,14+/m1/s1. The molecule has 1 aromatic carbocycles. The van der Waals surface area contributed by atoms with Crippen molar-refractivity contribution in [2.45, 2.75) is 31.0 Å². The molecule has 2 aliphatic rings. The summed E-state index contributed by atoms with van der Waals surface area (Å²) in [6, 6.07) is 6.09. The number of benzene rings is 1. The van der Waals surface area contributed by atoms with E-state index in [4.69, 9.17) is 0 Å². The van der Waals surface area contributed by atoms with Gasteiger partial charge in [-0.15, -0.1) is 0 Å². The van der Waals surface area contributed by atoms with Gasteiger partial charge in [0.25, 0.3) is 0 Å². The summed E-state index contributed by atoms with van der Waals surface area (Å²) in [5, 5.41) is 12.2. The van der Waals surface area contributed by atoms with Gasteiger partial charge in [0.15, 0.2) is 0 Å². The van der Waals surface area contributed by atoms with Crippen LogP contribution in [0.2, 0.25) is 0 Å². The van der Waals surface area contributed by atoms with Crippen molar-refractivity contribution in [3.63, 3.8) is 0 Å². The van der Waals surface area contributed by atoms with Crippen LogP contribution < -0.4 is 5.32 Å². The predicted octanol–water partition coefficient (Wildman–Crippen LogP) is -0.0358. The van der Waals surface area contributed by atoms with E-state index >= 15 is 0 Å². The van der Waals surface area contributed by atoms with Crippen molar-refractivity contribution < 1.29 is 14.7 Å². The molecule has 2 heterocycles. The van der Waals surface area contributed by atoms with Crippen LogP contribution in [0, 0.1) is 0 Å².